The van der Waals surface area contributed by atoms with Gasteiger partial charge in [0.1, 0.15) is 17.1 Å². The number of para-hydroxylation sites is 2. The summed E-state index contributed by atoms with van der Waals surface area (Å²) < 4.78 is 2.03. The summed E-state index contributed by atoms with van der Waals surface area (Å²) in [5.41, 5.74) is 3.72. The lowest BCUT2D eigenvalue weighted by molar-refractivity contribution is 0.0964. The predicted molar refractivity (Wildman–Crippen MR) is 106 cm³/mol. The van der Waals surface area contributed by atoms with E-state index in [2.05, 4.69) is 5.32 Å². The molecule has 1 heterocycles. The van der Waals surface area contributed by atoms with Crippen molar-refractivity contribution in [2.75, 3.05) is 7.05 Å². The highest BCUT2D eigenvalue weighted by Gasteiger charge is 2.19. The summed E-state index contributed by atoms with van der Waals surface area (Å²) in [5.74, 6) is 0.598. The first kappa shape index (κ1) is 16.8. The SMILES string of the molecule is CNC(=O)c1cccc2c1nc(-c1ccccc1O)n2Cc1ccccc1. The minimum absolute atomic E-state index is 0.156. The topological polar surface area (TPSA) is 67.2 Å². The summed E-state index contributed by atoms with van der Waals surface area (Å²) in [7, 11) is 1.60. The van der Waals surface area contributed by atoms with Crippen molar-refractivity contribution in [1.29, 1.82) is 0 Å². The molecule has 1 aromatic heterocycles. The molecule has 0 aliphatic carbocycles. The fourth-order valence-corrected chi connectivity index (χ4v) is 3.26. The zero-order valence-electron chi connectivity index (χ0n) is 14.9. The Morgan fingerprint density at radius 3 is 2.48 bits per heavy atom. The summed E-state index contributed by atoms with van der Waals surface area (Å²) in [6.45, 7) is 0.582. The lowest BCUT2D eigenvalue weighted by atomic mass is 10.1. The minimum atomic E-state index is -0.186. The molecule has 0 aliphatic heterocycles. The Bertz CT molecular complexity index is 1120. The summed E-state index contributed by atoms with van der Waals surface area (Å²) in [6, 6.07) is 22.7. The van der Waals surface area contributed by atoms with Gasteiger partial charge in [0.25, 0.3) is 5.91 Å². The van der Waals surface area contributed by atoms with Gasteiger partial charge in [-0.05, 0) is 29.8 Å². The van der Waals surface area contributed by atoms with Gasteiger partial charge in [-0.25, -0.2) is 4.98 Å². The van der Waals surface area contributed by atoms with Gasteiger partial charge in [-0.3, -0.25) is 4.79 Å². The molecule has 0 aliphatic rings. The van der Waals surface area contributed by atoms with E-state index >= 15 is 0 Å². The van der Waals surface area contributed by atoms with Crippen LogP contribution in [0.2, 0.25) is 0 Å². The number of carbonyl (C=O) groups excluding carboxylic acids is 1. The maximum absolute atomic E-state index is 12.3. The van der Waals surface area contributed by atoms with Crippen molar-refractivity contribution in [2.24, 2.45) is 0 Å². The Morgan fingerprint density at radius 1 is 1.00 bits per heavy atom. The van der Waals surface area contributed by atoms with Crippen LogP contribution in [0.1, 0.15) is 15.9 Å². The fraction of sp³-hybridized carbons (Fsp3) is 0.0909. The Labute approximate surface area is 156 Å². The van der Waals surface area contributed by atoms with E-state index in [1.54, 1.807) is 25.2 Å². The van der Waals surface area contributed by atoms with E-state index in [0.29, 0.717) is 29.0 Å². The molecule has 5 heteroatoms. The van der Waals surface area contributed by atoms with E-state index in [4.69, 9.17) is 4.98 Å². The number of nitrogens with one attached hydrogen (secondary N) is 1. The Morgan fingerprint density at radius 2 is 1.74 bits per heavy atom. The second-order valence-corrected chi connectivity index (χ2v) is 6.28. The minimum Gasteiger partial charge on any atom is -0.507 e. The van der Waals surface area contributed by atoms with Gasteiger partial charge in [0.15, 0.2) is 0 Å². The van der Waals surface area contributed by atoms with Crippen LogP contribution < -0.4 is 5.32 Å². The molecule has 0 atom stereocenters. The number of rotatable bonds is 4. The van der Waals surface area contributed by atoms with E-state index in [-0.39, 0.29) is 11.7 Å². The summed E-state index contributed by atoms with van der Waals surface area (Å²) in [5, 5.41) is 13.0. The number of benzene rings is 3. The molecule has 0 saturated heterocycles. The average molecular weight is 357 g/mol. The first-order chi connectivity index (χ1) is 13.2. The molecule has 0 saturated carbocycles. The van der Waals surface area contributed by atoms with Crippen molar-refractivity contribution in [1.82, 2.24) is 14.9 Å². The van der Waals surface area contributed by atoms with Crippen LogP contribution in [-0.2, 0) is 6.54 Å². The lowest BCUT2D eigenvalue weighted by Crippen LogP contribution is -2.18. The predicted octanol–water partition coefficient (Wildman–Crippen LogP) is 3.82. The van der Waals surface area contributed by atoms with Gasteiger partial charge in [-0.2, -0.15) is 0 Å². The molecular weight excluding hydrogens is 338 g/mol. The highest BCUT2D eigenvalue weighted by molar-refractivity contribution is 6.05. The lowest BCUT2D eigenvalue weighted by Gasteiger charge is -2.11. The number of phenolic OH excluding ortho intramolecular Hbond substituents is 1. The van der Waals surface area contributed by atoms with Crippen LogP contribution in [-0.4, -0.2) is 27.6 Å². The first-order valence-corrected chi connectivity index (χ1v) is 8.72. The molecule has 0 radical (unpaired) electrons. The number of nitrogens with zero attached hydrogens (tertiary/aromatic N) is 2. The highest BCUT2D eigenvalue weighted by atomic mass is 16.3. The number of hydrogen-bond acceptors (Lipinski definition) is 3. The number of phenols is 1. The van der Waals surface area contributed by atoms with Crippen LogP contribution in [0.25, 0.3) is 22.4 Å². The van der Waals surface area contributed by atoms with Crippen LogP contribution in [0.5, 0.6) is 5.75 Å². The van der Waals surface area contributed by atoms with Crippen LogP contribution in [0.15, 0.2) is 72.8 Å². The van der Waals surface area contributed by atoms with Gasteiger partial charge in [-0.15, -0.1) is 0 Å². The van der Waals surface area contributed by atoms with Crippen LogP contribution in [0, 0.1) is 0 Å². The van der Waals surface area contributed by atoms with Crippen molar-refractivity contribution < 1.29 is 9.90 Å². The highest BCUT2D eigenvalue weighted by Crippen LogP contribution is 2.32. The maximum Gasteiger partial charge on any atom is 0.253 e. The van der Waals surface area contributed by atoms with Gasteiger partial charge < -0.3 is 15.0 Å². The van der Waals surface area contributed by atoms with Gasteiger partial charge in [0, 0.05) is 13.6 Å². The molecule has 4 rings (SSSR count). The van der Waals surface area contributed by atoms with Crippen molar-refractivity contribution in [3.63, 3.8) is 0 Å². The number of amides is 1. The molecular formula is C22H19N3O2. The average Bonchev–Trinajstić information content (AvgIpc) is 3.07. The van der Waals surface area contributed by atoms with Gasteiger partial charge in [-0.1, -0.05) is 48.5 Å². The number of fused-ring (bicyclic) bond motifs is 1. The van der Waals surface area contributed by atoms with Crippen LogP contribution in [0.3, 0.4) is 0 Å². The van der Waals surface area contributed by atoms with Gasteiger partial charge in [0.05, 0.1) is 16.6 Å². The summed E-state index contributed by atoms with van der Waals surface area (Å²) in [4.78, 5) is 17.1. The van der Waals surface area contributed by atoms with E-state index in [9.17, 15) is 9.90 Å². The zero-order chi connectivity index (χ0) is 18.8. The summed E-state index contributed by atoms with van der Waals surface area (Å²) in [6.07, 6.45) is 0. The molecule has 4 aromatic rings. The quantitative estimate of drug-likeness (QED) is 0.583. The fourth-order valence-electron chi connectivity index (χ4n) is 3.26. The third-order valence-corrected chi connectivity index (χ3v) is 4.58. The van der Waals surface area contributed by atoms with Gasteiger partial charge >= 0.3 is 0 Å². The van der Waals surface area contributed by atoms with Gasteiger partial charge in [0.2, 0.25) is 0 Å². The number of imidazole rings is 1. The molecule has 5 nitrogen and oxygen atoms in total. The Balaban J connectivity index is 1.99. The molecule has 0 unspecified atom stereocenters. The number of carbonyl (C=O) groups is 1. The standard InChI is InChI=1S/C22H19N3O2/c1-23-22(27)17-11-7-12-18-20(17)24-21(16-10-5-6-13-19(16)26)25(18)14-15-8-3-2-4-9-15/h2-13,26H,14H2,1H3,(H,23,27). The van der Waals surface area contributed by atoms with Crippen molar-refractivity contribution in [3.8, 4) is 17.1 Å². The number of aromatic nitrogens is 2. The van der Waals surface area contributed by atoms with Crippen molar-refractivity contribution in [3.05, 3.63) is 83.9 Å². The molecule has 0 bridgehead atoms. The molecule has 2 N–H and O–H groups in total. The van der Waals surface area contributed by atoms with Crippen LogP contribution >= 0.6 is 0 Å². The third-order valence-electron chi connectivity index (χ3n) is 4.58. The number of aromatic hydroxyl groups is 1. The van der Waals surface area contributed by atoms with Crippen molar-refractivity contribution >= 4 is 16.9 Å². The monoisotopic (exact) mass is 357 g/mol. The van der Waals surface area contributed by atoms with E-state index in [1.807, 2.05) is 59.2 Å². The molecule has 134 valence electrons. The Kier molecular flexibility index (Phi) is 4.34. The normalized spacial score (nSPS) is 10.9. The summed E-state index contributed by atoms with van der Waals surface area (Å²) >= 11 is 0. The van der Waals surface area contributed by atoms with Crippen molar-refractivity contribution in [2.45, 2.75) is 6.54 Å². The van der Waals surface area contributed by atoms with E-state index < -0.39 is 0 Å². The maximum atomic E-state index is 12.3. The second-order valence-electron chi connectivity index (χ2n) is 6.28. The van der Waals surface area contributed by atoms with Crippen LogP contribution in [0.4, 0.5) is 0 Å². The van der Waals surface area contributed by atoms with E-state index in [1.165, 1.54) is 0 Å². The third kappa shape index (κ3) is 3.04. The first-order valence-electron chi connectivity index (χ1n) is 8.72. The molecule has 3 aromatic carbocycles. The molecule has 27 heavy (non-hydrogen) atoms. The second kappa shape index (κ2) is 6.96. The molecule has 0 fully saturated rings. The molecule has 0 spiro atoms. The smallest absolute Gasteiger partial charge is 0.253 e. The zero-order valence-corrected chi connectivity index (χ0v) is 14.9. The number of hydrogen-bond donors (Lipinski definition) is 2. The largest absolute Gasteiger partial charge is 0.507 e. The van der Waals surface area contributed by atoms with E-state index in [0.717, 1.165) is 11.1 Å². The Hall–Kier alpha value is -3.60. The molecule has 1 amide bonds.